The second kappa shape index (κ2) is 10.7. The van der Waals surface area contributed by atoms with Gasteiger partial charge in [-0.3, -0.25) is 9.80 Å². The van der Waals surface area contributed by atoms with E-state index >= 15 is 0 Å². The Morgan fingerprint density at radius 3 is 2.51 bits per heavy atom. The lowest BCUT2D eigenvalue weighted by molar-refractivity contribution is 0.0233. The molecular weight excluding hydrogens is 488 g/mol. The van der Waals surface area contributed by atoms with Crippen molar-refractivity contribution < 1.29 is 9.47 Å². The van der Waals surface area contributed by atoms with Gasteiger partial charge in [0.1, 0.15) is 17.5 Å². The molecular formula is C31H40N6O2. The monoisotopic (exact) mass is 528 g/mol. The molecule has 7 rings (SSSR count). The summed E-state index contributed by atoms with van der Waals surface area (Å²) >= 11 is 0. The zero-order valence-corrected chi connectivity index (χ0v) is 22.9. The number of nitrogens with one attached hydrogen (secondary N) is 1. The summed E-state index contributed by atoms with van der Waals surface area (Å²) in [5, 5.41) is 14.1. The van der Waals surface area contributed by atoms with E-state index in [0.29, 0.717) is 30.1 Å². The van der Waals surface area contributed by atoms with Gasteiger partial charge in [-0.25, -0.2) is 0 Å². The van der Waals surface area contributed by atoms with Crippen LogP contribution < -0.4 is 15.0 Å². The van der Waals surface area contributed by atoms with E-state index in [-0.39, 0.29) is 5.41 Å². The molecule has 0 spiro atoms. The average molecular weight is 529 g/mol. The van der Waals surface area contributed by atoms with Crippen LogP contribution in [0.15, 0.2) is 30.3 Å². The minimum absolute atomic E-state index is 0.176. The number of nitriles is 1. The lowest BCUT2D eigenvalue weighted by Crippen LogP contribution is -2.53. The van der Waals surface area contributed by atoms with Crippen LogP contribution in [0.4, 0.5) is 5.82 Å². The lowest BCUT2D eigenvalue weighted by atomic mass is 9.95. The van der Waals surface area contributed by atoms with Crippen LogP contribution in [0, 0.1) is 16.7 Å². The second-order valence-electron chi connectivity index (χ2n) is 12.3. The number of pyridine rings is 1. The van der Waals surface area contributed by atoms with Gasteiger partial charge in [0, 0.05) is 75.4 Å². The number of aromatic nitrogens is 1. The maximum atomic E-state index is 10.4. The van der Waals surface area contributed by atoms with Crippen molar-refractivity contribution in [1.82, 2.24) is 20.1 Å². The average Bonchev–Trinajstić information content (AvgIpc) is 3.69. The molecule has 8 nitrogen and oxygen atoms in total. The largest absolute Gasteiger partial charge is 0.476 e. The summed E-state index contributed by atoms with van der Waals surface area (Å²) in [6.07, 6.45) is 5.68. The first-order valence-corrected chi connectivity index (χ1v) is 14.9. The van der Waals surface area contributed by atoms with Crippen molar-refractivity contribution in [3.8, 4) is 11.9 Å². The van der Waals surface area contributed by atoms with Crippen LogP contribution in [0.3, 0.4) is 0 Å². The van der Waals surface area contributed by atoms with Crippen LogP contribution >= 0.6 is 0 Å². The molecule has 5 heterocycles. The van der Waals surface area contributed by atoms with E-state index in [9.17, 15) is 5.26 Å². The Hall–Kier alpha value is -2.70. The smallest absolute Gasteiger partial charge is 0.234 e. The molecule has 0 radical (unpaired) electrons. The fourth-order valence-corrected chi connectivity index (χ4v) is 7.16. The van der Waals surface area contributed by atoms with Gasteiger partial charge in [0.25, 0.3) is 0 Å². The SMILES string of the molecule is N#Cc1c(OCC2(CN3CCOCC3)CC2)nc(N2[C@@H]3CC[C@H]2CNC3)c2c1CN(Cc1ccccc1)CC2. The highest BCUT2D eigenvalue weighted by atomic mass is 16.5. The zero-order valence-electron chi connectivity index (χ0n) is 22.9. The van der Waals surface area contributed by atoms with Crippen LogP contribution in [0.5, 0.6) is 5.88 Å². The number of anilines is 1. The highest BCUT2D eigenvalue weighted by Gasteiger charge is 2.46. The number of nitrogens with zero attached hydrogens (tertiary/aromatic N) is 5. The zero-order chi connectivity index (χ0) is 26.2. The van der Waals surface area contributed by atoms with Gasteiger partial charge >= 0.3 is 0 Å². The van der Waals surface area contributed by atoms with Crippen molar-refractivity contribution in [3.05, 3.63) is 52.6 Å². The standard InChI is InChI=1S/C31H40N6O2/c32-16-27-28-20-36(19-23-4-2-1-3-5-23)11-8-26(28)29(37-24-6-7-25(37)18-33-17-24)34-30(27)39-22-31(9-10-31)21-35-12-14-38-15-13-35/h1-5,24-25,33H,6-15,17-22H2/t24-,25+. The number of hydrogen-bond donors (Lipinski definition) is 1. The minimum atomic E-state index is 0.176. The quantitative estimate of drug-likeness (QED) is 0.561. The van der Waals surface area contributed by atoms with Gasteiger partial charge in [0.2, 0.25) is 5.88 Å². The molecule has 2 aromatic rings. The molecule has 1 aromatic carbocycles. The predicted molar refractivity (Wildman–Crippen MR) is 150 cm³/mol. The molecule has 0 unspecified atom stereocenters. The topological polar surface area (TPSA) is 76.9 Å². The molecule has 3 saturated heterocycles. The normalized spacial score (nSPS) is 26.2. The van der Waals surface area contributed by atoms with Crippen molar-refractivity contribution >= 4 is 5.82 Å². The molecule has 1 saturated carbocycles. The van der Waals surface area contributed by atoms with Crippen molar-refractivity contribution in [2.45, 2.75) is 57.3 Å². The van der Waals surface area contributed by atoms with E-state index in [1.165, 1.54) is 36.8 Å². The maximum absolute atomic E-state index is 10.4. The van der Waals surface area contributed by atoms with Crippen LogP contribution in [0.1, 0.15) is 47.9 Å². The first-order valence-electron chi connectivity index (χ1n) is 14.9. The molecule has 5 aliphatic rings. The molecule has 8 heteroatoms. The van der Waals surface area contributed by atoms with Crippen LogP contribution in [0.25, 0.3) is 0 Å². The Balaban J connectivity index is 1.19. The molecule has 0 amide bonds. The van der Waals surface area contributed by atoms with Gasteiger partial charge in [-0.15, -0.1) is 0 Å². The van der Waals surface area contributed by atoms with E-state index in [1.807, 2.05) is 0 Å². The number of morpholine rings is 1. The molecule has 4 aliphatic heterocycles. The van der Waals surface area contributed by atoms with Gasteiger partial charge in [-0.1, -0.05) is 30.3 Å². The number of benzene rings is 1. The van der Waals surface area contributed by atoms with E-state index in [1.54, 1.807) is 0 Å². The van der Waals surface area contributed by atoms with Crippen molar-refractivity contribution in [1.29, 1.82) is 5.26 Å². The number of hydrogen-bond acceptors (Lipinski definition) is 8. The Morgan fingerprint density at radius 1 is 1.03 bits per heavy atom. The summed E-state index contributed by atoms with van der Waals surface area (Å²) in [5.74, 6) is 1.64. The minimum Gasteiger partial charge on any atom is -0.476 e. The van der Waals surface area contributed by atoms with Gasteiger partial charge in [-0.2, -0.15) is 10.2 Å². The molecule has 39 heavy (non-hydrogen) atoms. The highest BCUT2D eigenvalue weighted by molar-refractivity contribution is 5.62. The van der Waals surface area contributed by atoms with Crippen molar-refractivity contribution in [3.63, 3.8) is 0 Å². The summed E-state index contributed by atoms with van der Waals surface area (Å²) in [5.41, 5.74) is 4.54. The highest BCUT2D eigenvalue weighted by Crippen LogP contribution is 2.47. The first kappa shape index (κ1) is 25.3. The third-order valence-corrected chi connectivity index (χ3v) is 9.54. The fourth-order valence-electron chi connectivity index (χ4n) is 7.16. The summed E-state index contributed by atoms with van der Waals surface area (Å²) < 4.78 is 12.1. The molecule has 206 valence electrons. The molecule has 2 atom stereocenters. The van der Waals surface area contributed by atoms with Gasteiger partial charge < -0.3 is 19.7 Å². The van der Waals surface area contributed by atoms with Crippen LogP contribution in [0.2, 0.25) is 0 Å². The Labute approximate surface area is 231 Å². The second-order valence-corrected chi connectivity index (χ2v) is 12.3. The summed E-state index contributed by atoms with van der Waals surface area (Å²) in [6, 6.07) is 14.1. The fraction of sp³-hybridized carbons (Fsp3) is 0.613. The molecule has 4 fully saturated rings. The van der Waals surface area contributed by atoms with Crippen molar-refractivity contribution in [2.24, 2.45) is 5.41 Å². The Morgan fingerprint density at radius 2 is 1.79 bits per heavy atom. The van der Waals surface area contributed by atoms with Crippen LogP contribution in [-0.4, -0.2) is 86.0 Å². The number of ether oxygens (including phenoxy) is 2. The van der Waals surface area contributed by atoms with E-state index in [0.717, 1.165) is 83.4 Å². The third-order valence-electron chi connectivity index (χ3n) is 9.54. The summed E-state index contributed by atoms with van der Waals surface area (Å²) in [6.45, 7) is 9.94. The van der Waals surface area contributed by atoms with Gasteiger partial charge in [-0.05, 0) is 43.2 Å². The number of fused-ring (bicyclic) bond motifs is 3. The maximum Gasteiger partial charge on any atom is 0.234 e. The molecule has 2 bridgehead atoms. The molecule has 1 aliphatic carbocycles. The molecule has 1 aromatic heterocycles. The lowest BCUT2D eigenvalue weighted by Gasteiger charge is -2.40. The van der Waals surface area contributed by atoms with E-state index < -0.39 is 0 Å². The van der Waals surface area contributed by atoms with E-state index in [4.69, 9.17) is 14.5 Å². The van der Waals surface area contributed by atoms with Gasteiger partial charge in [0.15, 0.2) is 0 Å². The summed E-state index contributed by atoms with van der Waals surface area (Å²) in [7, 11) is 0. The van der Waals surface area contributed by atoms with E-state index in [2.05, 4.69) is 56.4 Å². The third kappa shape index (κ3) is 5.14. The first-order chi connectivity index (χ1) is 19.2. The van der Waals surface area contributed by atoms with Crippen molar-refractivity contribution in [2.75, 3.05) is 64.0 Å². The Bertz CT molecular complexity index is 1200. The number of rotatable bonds is 8. The summed E-state index contributed by atoms with van der Waals surface area (Å²) in [4.78, 5) is 12.8. The number of piperazine rings is 1. The van der Waals surface area contributed by atoms with Crippen LogP contribution in [-0.2, 0) is 24.2 Å². The Kier molecular flexibility index (Phi) is 6.94. The predicted octanol–water partition coefficient (Wildman–Crippen LogP) is 2.94. The molecule has 1 N–H and O–H groups in total. The van der Waals surface area contributed by atoms with Gasteiger partial charge in [0.05, 0.1) is 19.8 Å².